The highest BCUT2D eigenvalue weighted by Gasteiger charge is 2.21. The van der Waals surface area contributed by atoms with Crippen molar-refractivity contribution in [3.05, 3.63) is 107 Å². The van der Waals surface area contributed by atoms with Crippen molar-refractivity contribution in [1.29, 1.82) is 0 Å². The van der Waals surface area contributed by atoms with Gasteiger partial charge < -0.3 is 4.57 Å². The van der Waals surface area contributed by atoms with Gasteiger partial charge in [0.1, 0.15) is 0 Å². The summed E-state index contributed by atoms with van der Waals surface area (Å²) < 4.78 is 2.51. The van der Waals surface area contributed by atoms with E-state index in [2.05, 4.69) is 96.4 Å². The molecule has 0 fully saturated rings. The van der Waals surface area contributed by atoms with E-state index in [1.807, 2.05) is 0 Å². The largest absolute Gasteiger partial charge is 0.336 e. The van der Waals surface area contributed by atoms with Crippen molar-refractivity contribution in [3.63, 3.8) is 0 Å². The average molecular weight is 373 g/mol. The Hall–Kier alpha value is -3.32. The van der Waals surface area contributed by atoms with E-state index in [0.29, 0.717) is 0 Å². The van der Waals surface area contributed by atoms with Gasteiger partial charge in [0.25, 0.3) is 0 Å². The van der Waals surface area contributed by atoms with Crippen molar-refractivity contribution in [1.82, 2.24) is 4.57 Å². The lowest BCUT2D eigenvalue weighted by atomic mass is 9.99. The van der Waals surface area contributed by atoms with Gasteiger partial charge in [-0.3, -0.25) is 0 Å². The maximum atomic E-state index is 2.51. The molecule has 5 aromatic rings. The normalized spacial score (nSPS) is 12.4. The minimum Gasteiger partial charge on any atom is -0.336 e. The SMILES string of the molecule is CCc1ccc2c3ccccc3n(Cc3cccc4c3-c3ccccc3C4)c2c1. The Morgan fingerprint density at radius 3 is 2.45 bits per heavy atom. The second-order valence-corrected chi connectivity index (χ2v) is 8.09. The summed E-state index contributed by atoms with van der Waals surface area (Å²) in [5.41, 5.74) is 11.2. The zero-order valence-corrected chi connectivity index (χ0v) is 16.7. The molecule has 1 heterocycles. The van der Waals surface area contributed by atoms with Crippen molar-refractivity contribution in [2.24, 2.45) is 0 Å². The topological polar surface area (TPSA) is 4.93 Å². The van der Waals surface area contributed by atoms with E-state index < -0.39 is 0 Å². The molecule has 4 aromatic carbocycles. The van der Waals surface area contributed by atoms with Gasteiger partial charge in [-0.1, -0.05) is 79.7 Å². The number of rotatable bonds is 3. The monoisotopic (exact) mass is 373 g/mol. The second-order valence-electron chi connectivity index (χ2n) is 8.09. The predicted octanol–water partition coefficient (Wildman–Crippen LogP) is 6.98. The number of benzene rings is 4. The van der Waals surface area contributed by atoms with Crippen molar-refractivity contribution in [2.45, 2.75) is 26.3 Å². The van der Waals surface area contributed by atoms with Crippen LogP contribution in [-0.2, 0) is 19.4 Å². The van der Waals surface area contributed by atoms with Gasteiger partial charge in [0.05, 0.1) is 0 Å². The first-order valence-electron chi connectivity index (χ1n) is 10.5. The van der Waals surface area contributed by atoms with E-state index >= 15 is 0 Å². The summed E-state index contributed by atoms with van der Waals surface area (Å²) in [5, 5.41) is 2.70. The predicted molar refractivity (Wildman–Crippen MR) is 123 cm³/mol. The van der Waals surface area contributed by atoms with Crippen LogP contribution in [0, 0.1) is 0 Å². The number of hydrogen-bond acceptors (Lipinski definition) is 0. The van der Waals surface area contributed by atoms with Gasteiger partial charge in [0.2, 0.25) is 0 Å². The molecule has 0 radical (unpaired) electrons. The Morgan fingerprint density at radius 1 is 0.724 bits per heavy atom. The van der Waals surface area contributed by atoms with E-state index in [1.54, 1.807) is 0 Å². The molecule has 1 heteroatoms. The van der Waals surface area contributed by atoms with Crippen LogP contribution in [0.15, 0.2) is 84.9 Å². The average Bonchev–Trinajstić information content (AvgIpc) is 3.30. The molecule has 0 bridgehead atoms. The molecule has 1 aliphatic carbocycles. The lowest BCUT2D eigenvalue weighted by Gasteiger charge is -2.13. The summed E-state index contributed by atoms with van der Waals surface area (Å²) in [6.07, 6.45) is 2.11. The van der Waals surface area contributed by atoms with Gasteiger partial charge in [0, 0.05) is 28.4 Å². The molecule has 0 saturated heterocycles. The molecule has 0 N–H and O–H groups in total. The summed E-state index contributed by atoms with van der Waals surface area (Å²) in [5.74, 6) is 0. The molecule has 6 rings (SSSR count). The highest BCUT2D eigenvalue weighted by molar-refractivity contribution is 6.08. The Bertz CT molecular complexity index is 1390. The van der Waals surface area contributed by atoms with Crippen LogP contribution in [-0.4, -0.2) is 4.57 Å². The maximum Gasteiger partial charge on any atom is 0.0497 e. The summed E-state index contributed by atoms with van der Waals surface area (Å²) in [7, 11) is 0. The van der Waals surface area contributed by atoms with Crippen molar-refractivity contribution >= 4 is 21.8 Å². The number of hydrogen-bond donors (Lipinski definition) is 0. The molecule has 0 spiro atoms. The minimum absolute atomic E-state index is 0.898. The van der Waals surface area contributed by atoms with Crippen LogP contribution in [0.1, 0.15) is 29.2 Å². The van der Waals surface area contributed by atoms with Gasteiger partial charge in [-0.15, -0.1) is 0 Å². The Balaban J connectivity index is 1.59. The highest BCUT2D eigenvalue weighted by Crippen LogP contribution is 2.40. The number of nitrogens with zero attached hydrogens (tertiary/aromatic N) is 1. The minimum atomic E-state index is 0.898. The standard InChI is InChI=1S/C28H23N/c1-2-19-14-15-25-24-12-5-6-13-26(24)29(27(25)16-19)18-22-10-7-9-21-17-20-8-3-4-11-23(20)28(21)22/h3-16H,2,17-18H2,1H3. The molecule has 0 aliphatic heterocycles. The van der Waals surface area contributed by atoms with Crippen LogP contribution >= 0.6 is 0 Å². The molecule has 0 amide bonds. The zero-order chi connectivity index (χ0) is 19.4. The van der Waals surface area contributed by atoms with Crippen LogP contribution in [0.25, 0.3) is 32.9 Å². The van der Waals surface area contributed by atoms with Crippen LogP contribution in [0.3, 0.4) is 0 Å². The van der Waals surface area contributed by atoms with E-state index in [4.69, 9.17) is 0 Å². The van der Waals surface area contributed by atoms with E-state index in [-0.39, 0.29) is 0 Å². The van der Waals surface area contributed by atoms with E-state index in [1.165, 1.54) is 55.2 Å². The molecule has 0 atom stereocenters. The fourth-order valence-electron chi connectivity index (χ4n) is 5.06. The summed E-state index contributed by atoms with van der Waals surface area (Å²) in [6, 6.07) is 31.5. The van der Waals surface area contributed by atoms with Gasteiger partial charge in [-0.05, 0) is 58.4 Å². The van der Waals surface area contributed by atoms with Gasteiger partial charge in [-0.2, -0.15) is 0 Å². The van der Waals surface area contributed by atoms with E-state index in [0.717, 1.165) is 19.4 Å². The first-order valence-corrected chi connectivity index (χ1v) is 10.5. The van der Waals surface area contributed by atoms with E-state index in [9.17, 15) is 0 Å². The molecule has 1 aromatic heterocycles. The summed E-state index contributed by atoms with van der Waals surface area (Å²) >= 11 is 0. The third-order valence-corrected chi connectivity index (χ3v) is 6.48. The molecule has 140 valence electrons. The molecular weight excluding hydrogens is 350 g/mol. The summed E-state index contributed by atoms with van der Waals surface area (Å²) in [6.45, 7) is 3.13. The first kappa shape index (κ1) is 16.6. The third-order valence-electron chi connectivity index (χ3n) is 6.48. The highest BCUT2D eigenvalue weighted by atomic mass is 15.0. The number of aryl methyl sites for hydroxylation is 1. The maximum absolute atomic E-state index is 2.51. The Kier molecular flexibility index (Phi) is 3.64. The quantitative estimate of drug-likeness (QED) is 0.315. The molecule has 29 heavy (non-hydrogen) atoms. The number of aromatic nitrogens is 1. The number of para-hydroxylation sites is 1. The molecular formula is C28H23N. The smallest absolute Gasteiger partial charge is 0.0497 e. The summed E-state index contributed by atoms with van der Waals surface area (Å²) in [4.78, 5) is 0. The Morgan fingerprint density at radius 2 is 1.52 bits per heavy atom. The van der Waals surface area contributed by atoms with Crippen molar-refractivity contribution < 1.29 is 0 Å². The molecule has 1 nitrogen and oxygen atoms in total. The molecule has 1 aliphatic rings. The van der Waals surface area contributed by atoms with Crippen LogP contribution < -0.4 is 0 Å². The fraction of sp³-hybridized carbons (Fsp3) is 0.143. The van der Waals surface area contributed by atoms with Crippen molar-refractivity contribution in [2.75, 3.05) is 0 Å². The van der Waals surface area contributed by atoms with Gasteiger partial charge in [0.15, 0.2) is 0 Å². The molecule has 0 unspecified atom stereocenters. The van der Waals surface area contributed by atoms with Crippen LogP contribution in [0.5, 0.6) is 0 Å². The van der Waals surface area contributed by atoms with Gasteiger partial charge >= 0.3 is 0 Å². The second kappa shape index (κ2) is 6.35. The molecule has 0 saturated carbocycles. The van der Waals surface area contributed by atoms with Crippen LogP contribution in [0.2, 0.25) is 0 Å². The lowest BCUT2D eigenvalue weighted by Crippen LogP contribution is -2.02. The van der Waals surface area contributed by atoms with Crippen LogP contribution in [0.4, 0.5) is 0 Å². The number of fused-ring (bicyclic) bond motifs is 6. The fourth-order valence-corrected chi connectivity index (χ4v) is 5.06. The lowest BCUT2D eigenvalue weighted by molar-refractivity contribution is 0.869. The Labute approximate surface area is 171 Å². The van der Waals surface area contributed by atoms with Gasteiger partial charge in [-0.25, -0.2) is 0 Å². The zero-order valence-electron chi connectivity index (χ0n) is 16.7. The third kappa shape index (κ3) is 2.47. The van der Waals surface area contributed by atoms with Crippen molar-refractivity contribution in [3.8, 4) is 11.1 Å². The first-order chi connectivity index (χ1) is 14.3.